The molecule has 10 heteroatoms. The molecule has 0 bridgehead atoms. The smallest absolute Gasteiger partial charge is 0.331 e. The number of aliphatic carboxylic acids is 1. The number of aromatic nitrogens is 1. The number of hydrogen-bond donors (Lipinski definition) is 2. The summed E-state index contributed by atoms with van der Waals surface area (Å²) in [7, 11) is 0. The maximum absolute atomic E-state index is 15.1. The van der Waals surface area contributed by atoms with Gasteiger partial charge in [-0.05, 0) is 50.0 Å². The fourth-order valence-corrected chi connectivity index (χ4v) is 4.72. The van der Waals surface area contributed by atoms with Crippen molar-refractivity contribution in [3.05, 3.63) is 73.8 Å². The van der Waals surface area contributed by atoms with Crippen molar-refractivity contribution in [2.24, 2.45) is 5.92 Å². The van der Waals surface area contributed by atoms with Crippen LogP contribution in [0.5, 0.6) is 0 Å². The minimum atomic E-state index is -1.11. The largest absolute Gasteiger partial charge is 0.478 e. The molecule has 3 rings (SSSR count). The molecule has 0 saturated carbocycles. The number of nitrogens with one attached hydrogen (secondary N) is 1. The van der Waals surface area contributed by atoms with E-state index in [2.05, 4.69) is 24.1 Å². The van der Waals surface area contributed by atoms with Crippen molar-refractivity contribution >= 4 is 57.6 Å². The van der Waals surface area contributed by atoms with Crippen molar-refractivity contribution in [1.82, 2.24) is 4.98 Å². The molecule has 0 atom stereocenters. The molecule has 0 fully saturated rings. The molecular weight excluding hydrogens is 538 g/mol. The second kappa shape index (κ2) is 13.1. The first kappa shape index (κ1) is 28.8. The molecule has 3 aromatic rings. The Morgan fingerprint density at radius 3 is 2.59 bits per heavy atom. The summed E-state index contributed by atoms with van der Waals surface area (Å²) in [6, 6.07) is 7.84. The fraction of sp³-hybridized carbons (Fsp3) is 0.296. The lowest BCUT2D eigenvalue weighted by Gasteiger charge is -2.09. The normalized spacial score (nSPS) is 11.7. The summed E-state index contributed by atoms with van der Waals surface area (Å²) in [5.74, 6) is -1.43. The van der Waals surface area contributed by atoms with Crippen LogP contribution in [-0.2, 0) is 16.1 Å². The second-order valence-electron chi connectivity index (χ2n) is 8.85. The third-order valence-corrected chi connectivity index (χ3v) is 6.83. The van der Waals surface area contributed by atoms with E-state index < -0.39 is 17.7 Å². The van der Waals surface area contributed by atoms with Crippen LogP contribution in [0.3, 0.4) is 0 Å². The van der Waals surface area contributed by atoms with E-state index in [4.69, 9.17) is 33.0 Å². The second-order valence-corrected chi connectivity index (χ2v) is 10.5. The summed E-state index contributed by atoms with van der Waals surface area (Å²) in [6.45, 7) is 6.45. The van der Waals surface area contributed by atoms with E-state index in [1.54, 1.807) is 23.6 Å². The number of halogens is 3. The number of carboxylic acid groups (broad SMARTS) is 1. The third-order valence-electron chi connectivity index (χ3n) is 5.45. The van der Waals surface area contributed by atoms with Gasteiger partial charge in [0.1, 0.15) is 5.82 Å². The fourth-order valence-electron chi connectivity index (χ4n) is 3.42. The highest BCUT2D eigenvalue weighted by Gasteiger charge is 2.17. The zero-order valence-electron chi connectivity index (χ0n) is 20.6. The molecular formula is C27H27Cl2FN2O4S. The Morgan fingerprint density at radius 1 is 1.24 bits per heavy atom. The Kier molecular flexibility index (Phi) is 10.2. The number of carbonyl (C=O) groups is 2. The molecule has 0 unspecified atom stereocenters. The van der Waals surface area contributed by atoms with E-state index in [0.29, 0.717) is 34.9 Å². The average molecular weight is 565 g/mol. The van der Waals surface area contributed by atoms with Crippen LogP contribution in [0, 0.1) is 11.7 Å². The molecule has 2 aromatic carbocycles. The van der Waals surface area contributed by atoms with Crippen LogP contribution < -0.4 is 5.32 Å². The van der Waals surface area contributed by atoms with Gasteiger partial charge in [-0.15, -0.1) is 11.3 Å². The zero-order chi connectivity index (χ0) is 27.1. The average Bonchev–Trinajstić information content (AvgIpc) is 3.29. The Balaban J connectivity index is 1.71. The number of anilines is 1. The minimum absolute atomic E-state index is 0.0466. The number of rotatable bonds is 11. The lowest BCUT2D eigenvalue weighted by atomic mass is 10.1. The first-order chi connectivity index (χ1) is 17.6. The van der Waals surface area contributed by atoms with Gasteiger partial charge < -0.3 is 9.84 Å². The Hall–Kier alpha value is -2.78. The topological polar surface area (TPSA) is 88.5 Å². The lowest BCUT2D eigenvalue weighted by molar-refractivity contribution is -0.132. The summed E-state index contributed by atoms with van der Waals surface area (Å²) < 4.78 is 20.8. The molecule has 0 aliphatic heterocycles. The van der Waals surface area contributed by atoms with Crippen LogP contribution in [0.2, 0.25) is 10.0 Å². The number of nitrogens with zero attached hydrogens (tertiary/aromatic N) is 1. The molecule has 2 N–H and O–H groups in total. The number of ether oxygens (including phenoxy) is 1. The summed E-state index contributed by atoms with van der Waals surface area (Å²) in [5.41, 5.74) is 1.66. The van der Waals surface area contributed by atoms with Crippen molar-refractivity contribution < 1.29 is 23.8 Å². The third kappa shape index (κ3) is 7.85. The maximum Gasteiger partial charge on any atom is 0.331 e. The van der Waals surface area contributed by atoms with Gasteiger partial charge in [0.15, 0.2) is 5.13 Å². The molecule has 0 spiro atoms. The van der Waals surface area contributed by atoms with Crippen molar-refractivity contribution in [3.63, 3.8) is 0 Å². The van der Waals surface area contributed by atoms with E-state index in [1.165, 1.54) is 25.1 Å². The molecule has 1 aromatic heterocycles. The van der Waals surface area contributed by atoms with Crippen LogP contribution in [0.15, 0.2) is 41.3 Å². The van der Waals surface area contributed by atoms with Crippen molar-refractivity contribution in [2.75, 3.05) is 11.9 Å². The van der Waals surface area contributed by atoms with Gasteiger partial charge in [0.2, 0.25) is 0 Å². The monoisotopic (exact) mass is 564 g/mol. The summed E-state index contributed by atoms with van der Waals surface area (Å²) in [6.07, 6.45) is 3.31. The number of carboxylic acids is 1. The molecule has 0 aliphatic carbocycles. The molecule has 37 heavy (non-hydrogen) atoms. The number of carbonyl (C=O) groups excluding carboxylic acids is 1. The maximum atomic E-state index is 15.1. The molecule has 6 nitrogen and oxygen atoms in total. The van der Waals surface area contributed by atoms with Crippen LogP contribution >= 0.6 is 34.5 Å². The molecule has 0 saturated heterocycles. The van der Waals surface area contributed by atoms with E-state index in [-0.39, 0.29) is 32.9 Å². The van der Waals surface area contributed by atoms with Gasteiger partial charge in [0.05, 0.1) is 22.3 Å². The van der Waals surface area contributed by atoms with Crippen molar-refractivity contribution in [1.29, 1.82) is 0 Å². The van der Waals surface area contributed by atoms with Crippen LogP contribution in [0.4, 0.5) is 9.52 Å². The number of amides is 1. The van der Waals surface area contributed by atoms with Gasteiger partial charge in [-0.3, -0.25) is 10.1 Å². The molecule has 1 amide bonds. The standard InChI is InChI=1S/C27H27Cl2FN2O4S/c1-15(2)6-5-9-36-13-17-7-4-8-19(24(17)30)23-14-37-27(31-23)32-25(33)18-11-21(28)20(22(29)12-18)10-16(3)26(34)35/h4,7-8,10-12,14-15H,5-6,9,13H2,1-3H3,(H,34,35)(H,31,32,33)/b16-10+. The van der Waals surface area contributed by atoms with Gasteiger partial charge in [-0.1, -0.05) is 49.2 Å². The lowest BCUT2D eigenvalue weighted by Crippen LogP contribution is -2.12. The summed E-state index contributed by atoms with van der Waals surface area (Å²) in [5, 5.41) is 13.9. The van der Waals surface area contributed by atoms with Gasteiger partial charge in [-0.25, -0.2) is 14.2 Å². The number of hydrogen-bond acceptors (Lipinski definition) is 5. The Bertz CT molecular complexity index is 1300. The van der Waals surface area contributed by atoms with Crippen LogP contribution in [0.1, 0.15) is 55.1 Å². The van der Waals surface area contributed by atoms with Gasteiger partial charge in [-0.2, -0.15) is 0 Å². The molecule has 1 heterocycles. The van der Waals surface area contributed by atoms with Crippen molar-refractivity contribution in [2.45, 2.75) is 40.2 Å². The summed E-state index contributed by atoms with van der Waals surface area (Å²) >= 11 is 13.6. The van der Waals surface area contributed by atoms with Gasteiger partial charge in [0, 0.05) is 39.8 Å². The molecule has 0 radical (unpaired) electrons. The Morgan fingerprint density at radius 2 is 1.95 bits per heavy atom. The number of benzene rings is 2. The summed E-state index contributed by atoms with van der Waals surface area (Å²) in [4.78, 5) is 28.2. The van der Waals surface area contributed by atoms with E-state index in [1.807, 2.05) is 0 Å². The first-order valence-corrected chi connectivity index (χ1v) is 13.2. The van der Waals surface area contributed by atoms with Crippen LogP contribution in [-0.4, -0.2) is 28.6 Å². The van der Waals surface area contributed by atoms with E-state index >= 15 is 4.39 Å². The zero-order valence-corrected chi connectivity index (χ0v) is 22.9. The van der Waals surface area contributed by atoms with Crippen LogP contribution in [0.25, 0.3) is 17.3 Å². The highest BCUT2D eigenvalue weighted by atomic mass is 35.5. The van der Waals surface area contributed by atoms with Crippen molar-refractivity contribution in [3.8, 4) is 11.3 Å². The van der Waals surface area contributed by atoms with E-state index in [0.717, 1.165) is 24.2 Å². The van der Waals surface area contributed by atoms with Gasteiger partial charge in [0.25, 0.3) is 5.91 Å². The predicted octanol–water partition coefficient (Wildman–Crippen LogP) is 7.95. The van der Waals surface area contributed by atoms with Gasteiger partial charge >= 0.3 is 5.97 Å². The Labute approximate surface area is 229 Å². The predicted molar refractivity (Wildman–Crippen MR) is 147 cm³/mol. The quantitative estimate of drug-likeness (QED) is 0.182. The first-order valence-electron chi connectivity index (χ1n) is 11.6. The molecule has 0 aliphatic rings. The SMILES string of the molecule is C/C(=C\c1c(Cl)cc(C(=O)Nc2nc(-c3cccc(COCCCC(C)C)c3F)cs2)cc1Cl)C(=O)O. The molecule has 196 valence electrons. The number of thiazole rings is 1. The highest BCUT2D eigenvalue weighted by molar-refractivity contribution is 7.14. The van der Waals surface area contributed by atoms with E-state index in [9.17, 15) is 9.59 Å². The minimum Gasteiger partial charge on any atom is -0.478 e. The highest BCUT2D eigenvalue weighted by Crippen LogP contribution is 2.31.